The Balaban J connectivity index is 1.21. The molecule has 9 heterocycles. The molecule has 13 rings (SSSR count). The van der Waals surface area contributed by atoms with Gasteiger partial charge >= 0.3 is 0 Å². The number of aromatic amines is 2. The molecule has 11 aromatic rings. The lowest BCUT2D eigenvalue weighted by Crippen LogP contribution is -1.92. The molecule has 0 spiro atoms. The molecule has 4 aromatic carbocycles. The fourth-order valence-electron chi connectivity index (χ4n) is 9.82. The van der Waals surface area contributed by atoms with Crippen molar-refractivity contribution in [2.45, 2.75) is 0 Å². The topological polar surface area (TPSA) is 57.4 Å². The third-order valence-electron chi connectivity index (χ3n) is 12.9. The highest BCUT2D eigenvalue weighted by atomic mass is 32.1. The van der Waals surface area contributed by atoms with E-state index in [1.165, 1.54) is 22.3 Å². The summed E-state index contributed by atoms with van der Waals surface area (Å²) in [4.78, 5) is 19.4. The third-order valence-corrected chi connectivity index (χ3v) is 15.6. The number of thiophene rings is 4. The average molecular weight is 943 g/mol. The third kappa shape index (κ3) is 7.09. The highest BCUT2D eigenvalue weighted by Crippen LogP contribution is 2.45. The van der Waals surface area contributed by atoms with Crippen molar-refractivity contribution in [1.82, 2.24) is 19.9 Å². The zero-order valence-corrected chi connectivity index (χ0v) is 39.6. The molecular weight excluding hydrogens is 905 g/mol. The minimum atomic E-state index is 0.881. The standard InChI is InChI=1S/C60H38N4S4/c1-5-13-45(41(9-1)37-25-29-65-33-37)57-49-17-19-51(61-49)58(46-14-6-2-10-42(46)38-26-30-66-34-38)53-21-23-55(63-53)60(48-16-8-4-12-44(48)40-28-32-68-36-40)56-24-22-54(64-56)59(52-20-18-50(57)62-52)47-15-7-3-11-43(47)39-27-31-67-35-39/h1-36,61,64H. The van der Waals surface area contributed by atoms with E-state index in [9.17, 15) is 0 Å². The molecule has 0 unspecified atom stereocenters. The molecule has 2 N–H and O–H groups in total. The molecule has 0 aliphatic carbocycles. The van der Waals surface area contributed by atoms with E-state index in [1.54, 1.807) is 45.3 Å². The first-order valence-electron chi connectivity index (χ1n) is 22.4. The molecule has 2 aliphatic rings. The summed E-state index contributed by atoms with van der Waals surface area (Å²) in [6.07, 6.45) is 8.78. The van der Waals surface area contributed by atoms with Crippen LogP contribution in [0.15, 0.2) is 189 Å². The van der Waals surface area contributed by atoms with E-state index in [-0.39, 0.29) is 0 Å². The Morgan fingerprint density at radius 3 is 0.721 bits per heavy atom. The summed E-state index contributed by atoms with van der Waals surface area (Å²) in [5.41, 5.74) is 25.2. The lowest BCUT2D eigenvalue weighted by atomic mass is 9.95. The minimum Gasteiger partial charge on any atom is -0.354 e. The molecule has 8 bridgehead atoms. The summed E-state index contributed by atoms with van der Waals surface area (Å²) < 4.78 is 0. The maximum Gasteiger partial charge on any atom is 0.0737 e. The molecule has 0 atom stereocenters. The average Bonchev–Trinajstić information content (AvgIpc) is 4.23. The van der Waals surface area contributed by atoms with E-state index in [0.29, 0.717) is 0 Å². The van der Waals surface area contributed by atoms with Crippen molar-refractivity contribution in [2.24, 2.45) is 0 Å². The maximum atomic E-state index is 5.70. The molecule has 4 nitrogen and oxygen atoms in total. The van der Waals surface area contributed by atoms with E-state index in [2.05, 4.69) is 223 Å². The number of H-pyrrole nitrogens is 2. The summed E-state index contributed by atoms with van der Waals surface area (Å²) in [6, 6.07) is 52.6. The van der Waals surface area contributed by atoms with Gasteiger partial charge in [-0.3, -0.25) is 0 Å². The number of hydrogen-bond donors (Lipinski definition) is 2. The number of aromatic nitrogens is 4. The Morgan fingerprint density at radius 2 is 0.500 bits per heavy atom. The minimum absolute atomic E-state index is 0.881. The largest absolute Gasteiger partial charge is 0.354 e. The van der Waals surface area contributed by atoms with Gasteiger partial charge in [-0.2, -0.15) is 45.3 Å². The lowest BCUT2D eigenvalue weighted by molar-refractivity contribution is 1.31. The van der Waals surface area contributed by atoms with Gasteiger partial charge in [0.2, 0.25) is 0 Å². The van der Waals surface area contributed by atoms with Crippen LogP contribution in [0.4, 0.5) is 0 Å². The molecule has 8 heteroatoms. The number of nitrogens with zero attached hydrogens (tertiary/aromatic N) is 2. The van der Waals surface area contributed by atoms with Crippen molar-refractivity contribution < 1.29 is 0 Å². The van der Waals surface area contributed by atoms with Crippen molar-refractivity contribution in [3.05, 3.63) is 211 Å². The number of fused-ring (bicyclic) bond motifs is 8. The van der Waals surface area contributed by atoms with E-state index in [1.807, 2.05) is 0 Å². The Bertz CT molecular complexity index is 3400. The van der Waals surface area contributed by atoms with E-state index < -0.39 is 0 Å². The van der Waals surface area contributed by atoms with Crippen LogP contribution < -0.4 is 0 Å². The smallest absolute Gasteiger partial charge is 0.0737 e. The summed E-state index contributed by atoms with van der Waals surface area (Å²) in [5, 5.41) is 17.5. The van der Waals surface area contributed by atoms with Crippen LogP contribution >= 0.6 is 45.3 Å². The fourth-order valence-corrected chi connectivity index (χ4v) is 12.4. The summed E-state index contributed by atoms with van der Waals surface area (Å²) in [6.45, 7) is 0. The molecule has 68 heavy (non-hydrogen) atoms. The van der Waals surface area contributed by atoms with Gasteiger partial charge in [-0.25, -0.2) is 9.97 Å². The second-order valence-electron chi connectivity index (χ2n) is 16.7. The van der Waals surface area contributed by atoms with Crippen LogP contribution in [0.25, 0.3) is 135 Å². The van der Waals surface area contributed by atoms with E-state index in [0.717, 1.165) is 112 Å². The van der Waals surface area contributed by atoms with Crippen LogP contribution in [-0.4, -0.2) is 19.9 Å². The Morgan fingerprint density at radius 1 is 0.265 bits per heavy atom. The molecule has 0 amide bonds. The summed E-state index contributed by atoms with van der Waals surface area (Å²) >= 11 is 6.84. The van der Waals surface area contributed by atoms with Gasteiger partial charge < -0.3 is 9.97 Å². The van der Waals surface area contributed by atoms with Gasteiger partial charge in [0.25, 0.3) is 0 Å². The second kappa shape index (κ2) is 17.2. The van der Waals surface area contributed by atoms with Crippen molar-refractivity contribution in [1.29, 1.82) is 0 Å². The molecule has 0 radical (unpaired) electrons. The molecule has 7 aromatic heterocycles. The van der Waals surface area contributed by atoms with Crippen molar-refractivity contribution in [2.75, 3.05) is 0 Å². The Labute approximate surface area is 409 Å². The fraction of sp³-hybridized carbons (Fsp3) is 0. The van der Waals surface area contributed by atoms with Crippen molar-refractivity contribution >= 4 is 91.7 Å². The van der Waals surface area contributed by atoms with Crippen LogP contribution in [0.3, 0.4) is 0 Å². The molecule has 0 saturated heterocycles. The molecule has 322 valence electrons. The van der Waals surface area contributed by atoms with Crippen LogP contribution in [0.1, 0.15) is 22.8 Å². The van der Waals surface area contributed by atoms with Crippen LogP contribution in [0.2, 0.25) is 0 Å². The van der Waals surface area contributed by atoms with Crippen molar-refractivity contribution in [3.8, 4) is 89.0 Å². The van der Waals surface area contributed by atoms with Gasteiger partial charge in [0.15, 0.2) is 0 Å². The van der Waals surface area contributed by atoms with Crippen LogP contribution in [-0.2, 0) is 0 Å². The maximum absolute atomic E-state index is 5.70. The van der Waals surface area contributed by atoms with E-state index in [4.69, 9.17) is 9.97 Å². The van der Waals surface area contributed by atoms with Crippen molar-refractivity contribution in [3.63, 3.8) is 0 Å². The van der Waals surface area contributed by atoms with Gasteiger partial charge in [0.05, 0.1) is 22.8 Å². The highest BCUT2D eigenvalue weighted by Gasteiger charge is 2.23. The SMILES string of the molecule is C1=Cc2nc1c(-c1ccccc1-c1ccsc1)c1ccc([nH]1)c(-c1ccccc1-c1ccsc1)c1nc(c(-c3ccccc3-c3ccsc3)c3ccc([nH]3)c2-c2ccccc2-c2ccsc2)C=C1. The van der Waals surface area contributed by atoms with E-state index >= 15 is 0 Å². The monoisotopic (exact) mass is 942 g/mol. The summed E-state index contributed by atoms with van der Waals surface area (Å²) in [7, 11) is 0. The number of benzene rings is 4. The second-order valence-corrected chi connectivity index (χ2v) is 19.9. The zero-order chi connectivity index (χ0) is 45.0. The Kier molecular flexibility index (Phi) is 10.2. The normalized spacial score (nSPS) is 12.0. The predicted octanol–water partition coefficient (Wildman–Crippen LogP) is 18.2. The molecule has 2 aliphatic heterocycles. The van der Waals surface area contributed by atoms with Crippen LogP contribution in [0, 0.1) is 0 Å². The first kappa shape index (κ1) is 40.5. The van der Waals surface area contributed by atoms with Gasteiger partial charge in [-0.05, 0) is 183 Å². The summed E-state index contributed by atoms with van der Waals surface area (Å²) in [5.74, 6) is 0. The first-order chi connectivity index (χ1) is 33.7. The molecular formula is C60H38N4S4. The highest BCUT2D eigenvalue weighted by molar-refractivity contribution is 7.09. The first-order valence-corrected chi connectivity index (χ1v) is 26.1. The Hall–Kier alpha value is -7.72. The van der Waals surface area contributed by atoms with Gasteiger partial charge in [-0.1, -0.05) is 97.1 Å². The van der Waals surface area contributed by atoms with Gasteiger partial charge in [0.1, 0.15) is 0 Å². The number of nitrogens with one attached hydrogen (secondary N) is 2. The molecule has 0 saturated carbocycles. The number of rotatable bonds is 8. The lowest BCUT2D eigenvalue weighted by Gasteiger charge is -2.12. The van der Waals surface area contributed by atoms with Gasteiger partial charge in [-0.15, -0.1) is 0 Å². The zero-order valence-electron chi connectivity index (χ0n) is 36.3. The molecule has 0 fully saturated rings. The van der Waals surface area contributed by atoms with Gasteiger partial charge in [0, 0.05) is 44.3 Å². The number of hydrogen-bond acceptors (Lipinski definition) is 6. The van der Waals surface area contributed by atoms with Crippen LogP contribution in [0.5, 0.6) is 0 Å². The predicted molar refractivity (Wildman–Crippen MR) is 294 cm³/mol. The quantitative estimate of drug-likeness (QED) is 0.159.